The molecular weight excluding hydrogens is 362 g/mol. The van der Waals surface area contributed by atoms with Crippen LogP contribution in [0.5, 0.6) is 0 Å². The van der Waals surface area contributed by atoms with Gasteiger partial charge in [-0.05, 0) is 23.8 Å². The fourth-order valence-electron chi connectivity index (χ4n) is 4.17. The average molecular weight is 392 g/mol. The van der Waals surface area contributed by atoms with Crippen molar-refractivity contribution in [1.29, 1.82) is 0 Å². The van der Waals surface area contributed by atoms with Crippen molar-refractivity contribution in [3.8, 4) is 0 Å². The summed E-state index contributed by atoms with van der Waals surface area (Å²) in [6, 6.07) is 16.5. The Morgan fingerprint density at radius 1 is 1.07 bits per heavy atom. The predicted molar refractivity (Wildman–Crippen MR) is 116 cm³/mol. The number of carbonyl (C=O) groups excluding carboxylic acids is 1. The van der Waals surface area contributed by atoms with Gasteiger partial charge in [0, 0.05) is 43.7 Å². The maximum Gasteiger partial charge on any atom is 0.167 e. The highest BCUT2D eigenvalue weighted by Gasteiger charge is 2.37. The van der Waals surface area contributed by atoms with Gasteiger partial charge in [0.1, 0.15) is 5.82 Å². The first-order chi connectivity index (χ1) is 14.0. The summed E-state index contributed by atoms with van der Waals surface area (Å²) in [5, 5.41) is 0. The number of aromatic nitrogens is 1. The molecule has 5 nitrogen and oxygen atoms in total. The second-order valence-electron chi connectivity index (χ2n) is 8.53. The van der Waals surface area contributed by atoms with Gasteiger partial charge in [-0.3, -0.25) is 9.69 Å². The van der Waals surface area contributed by atoms with Crippen LogP contribution in [0.3, 0.4) is 0 Å². The Balaban J connectivity index is 1.56. The highest BCUT2D eigenvalue weighted by Crippen LogP contribution is 2.30. The molecule has 4 rings (SSSR count). The number of morpholine rings is 1. The minimum Gasteiger partial charge on any atom is -0.378 e. The van der Waals surface area contributed by atoms with Gasteiger partial charge in [-0.2, -0.15) is 0 Å². The monoisotopic (exact) mass is 391 g/mol. The van der Waals surface area contributed by atoms with Crippen LogP contribution in [0.15, 0.2) is 54.1 Å². The summed E-state index contributed by atoms with van der Waals surface area (Å²) in [5.74, 6) is 1.17. The van der Waals surface area contributed by atoms with Crippen molar-refractivity contribution < 1.29 is 9.53 Å². The first-order valence-electron chi connectivity index (χ1n) is 10.3. The topological polar surface area (TPSA) is 45.7 Å². The van der Waals surface area contributed by atoms with Crippen molar-refractivity contribution in [2.45, 2.75) is 20.4 Å². The van der Waals surface area contributed by atoms with Crippen molar-refractivity contribution in [3.05, 3.63) is 65.4 Å². The predicted octanol–water partition coefficient (Wildman–Crippen LogP) is 3.41. The Bertz CT molecular complexity index is 886. The number of anilines is 1. The zero-order valence-electron chi connectivity index (χ0n) is 17.3. The summed E-state index contributed by atoms with van der Waals surface area (Å²) >= 11 is 0. The second kappa shape index (κ2) is 8.47. The molecule has 2 fully saturated rings. The van der Waals surface area contributed by atoms with Crippen LogP contribution in [-0.4, -0.2) is 55.1 Å². The molecule has 0 bridgehead atoms. The minimum atomic E-state index is -0.402. The fraction of sp³-hybridized carbons (Fsp3) is 0.417. The fourth-order valence-corrected chi connectivity index (χ4v) is 4.17. The summed E-state index contributed by atoms with van der Waals surface area (Å²) in [4.78, 5) is 22.5. The molecule has 1 aromatic carbocycles. The summed E-state index contributed by atoms with van der Waals surface area (Å²) in [5.41, 5.74) is 2.55. The number of Topliss-reactive ketones (excluding diaryl/α,β-unsaturated/α-hetero) is 1. The molecule has 2 aliphatic rings. The van der Waals surface area contributed by atoms with Crippen LogP contribution < -0.4 is 4.90 Å². The van der Waals surface area contributed by atoms with E-state index in [1.54, 1.807) is 0 Å². The Kier molecular flexibility index (Phi) is 5.79. The normalized spacial score (nSPS) is 21.5. The number of ether oxygens (including phenoxy) is 1. The Morgan fingerprint density at radius 2 is 1.83 bits per heavy atom. The van der Waals surface area contributed by atoms with E-state index in [1.165, 1.54) is 5.56 Å². The molecule has 1 aromatic heterocycles. The highest BCUT2D eigenvalue weighted by molar-refractivity contribution is 6.04. The molecule has 0 spiro atoms. The van der Waals surface area contributed by atoms with E-state index in [1.807, 2.05) is 44.2 Å². The number of likely N-dealkylation sites (tertiary alicyclic amines) is 1. The molecule has 0 radical (unpaired) electrons. The van der Waals surface area contributed by atoms with E-state index < -0.39 is 5.41 Å². The van der Waals surface area contributed by atoms with Crippen LogP contribution >= 0.6 is 0 Å². The lowest BCUT2D eigenvalue weighted by molar-refractivity contribution is -0.126. The number of hydrogen-bond acceptors (Lipinski definition) is 5. The van der Waals surface area contributed by atoms with E-state index in [0.717, 1.165) is 56.5 Å². The van der Waals surface area contributed by atoms with Gasteiger partial charge in [-0.25, -0.2) is 4.98 Å². The minimum absolute atomic E-state index is 0.223. The lowest BCUT2D eigenvalue weighted by atomic mass is 9.79. The van der Waals surface area contributed by atoms with Gasteiger partial charge in [0.15, 0.2) is 5.78 Å². The third kappa shape index (κ3) is 4.74. The van der Waals surface area contributed by atoms with Crippen LogP contribution in [0.2, 0.25) is 0 Å². The van der Waals surface area contributed by atoms with Crippen molar-refractivity contribution in [2.75, 3.05) is 44.3 Å². The van der Waals surface area contributed by atoms with Crippen LogP contribution in [0, 0.1) is 5.41 Å². The standard InChI is InChI=1S/C24H29N3O2/c1-24(2)18-26(16-19-7-4-3-5-8-19)17-20(23(24)28)15-21-9-6-10-22(25-21)27-11-13-29-14-12-27/h3-10,15H,11-14,16-18H2,1-2H3/b20-15+. The van der Waals surface area contributed by atoms with Crippen LogP contribution in [0.25, 0.3) is 6.08 Å². The number of piperidine rings is 1. The molecule has 0 N–H and O–H groups in total. The summed E-state index contributed by atoms with van der Waals surface area (Å²) in [6.45, 7) is 9.50. The van der Waals surface area contributed by atoms with Gasteiger partial charge in [0.05, 0.1) is 18.9 Å². The van der Waals surface area contributed by atoms with Crippen LogP contribution in [0.4, 0.5) is 5.82 Å². The number of ketones is 1. The Hall–Kier alpha value is -2.50. The molecule has 29 heavy (non-hydrogen) atoms. The van der Waals surface area contributed by atoms with E-state index >= 15 is 0 Å². The highest BCUT2D eigenvalue weighted by atomic mass is 16.5. The summed E-state index contributed by atoms with van der Waals surface area (Å²) < 4.78 is 5.44. The smallest absolute Gasteiger partial charge is 0.167 e. The summed E-state index contributed by atoms with van der Waals surface area (Å²) in [7, 11) is 0. The first kappa shape index (κ1) is 19.8. The van der Waals surface area contributed by atoms with E-state index in [0.29, 0.717) is 6.54 Å². The second-order valence-corrected chi connectivity index (χ2v) is 8.53. The molecule has 0 unspecified atom stereocenters. The Labute approximate surface area is 173 Å². The third-order valence-electron chi connectivity index (χ3n) is 5.58. The molecule has 0 saturated carbocycles. The van der Waals surface area contributed by atoms with E-state index in [2.05, 4.69) is 34.1 Å². The number of rotatable bonds is 4. The number of pyridine rings is 1. The van der Waals surface area contributed by atoms with Gasteiger partial charge >= 0.3 is 0 Å². The van der Waals surface area contributed by atoms with Gasteiger partial charge < -0.3 is 9.64 Å². The molecule has 2 aliphatic heterocycles. The molecular formula is C24H29N3O2. The molecule has 152 valence electrons. The van der Waals surface area contributed by atoms with Gasteiger partial charge in [0.2, 0.25) is 0 Å². The lowest BCUT2D eigenvalue weighted by Crippen LogP contribution is -2.47. The maximum absolute atomic E-state index is 13.1. The van der Waals surface area contributed by atoms with Crippen LogP contribution in [-0.2, 0) is 16.1 Å². The molecule has 2 aromatic rings. The largest absolute Gasteiger partial charge is 0.378 e. The number of hydrogen-bond donors (Lipinski definition) is 0. The zero-order chi connectivity index (χ0) is 20.3. The lowest BCUT2D eigenvalue weighted by Gasteiger charge is -2.38. The SMILES string of the molecule is CC1(C)CN(Cc2ccccc2)C/C(=C\c2cccc(N3CCOCC3)n2)C1=O. The number of benzene rings is 1. The van der Waals surface area contributed by atoms with Crippen molar-refractivity contribution in [3.63, 3.8) is 0 Å². The number of nitrogens with zero attached hydrogens (tertiary/aromatic N) is 3. The third-order valence-corrected chi connectivity index (χ3v) is 5.58. The molecule has 2 saturated heterocycles. The first-order valence-corrected chi connectivity index (χ1v) is 10.3. The Morgan fingerprint density at radius 3 is 2.59 bits per heavy atom. The van der Waals surface area contributed by atoms with Crippen molar-refractivity contribution >= 4 is 17.7 Å². The quantitative estimate of drug-likeness (QED) is 0.748. The van der Waals surface area contributed by atoms with E-state index in [-0.39, 0.29) is 5.78 Å². The maximum atomic E-state index is 13.1. The molecule has 5 heteroatoms. The molecule has 0 amide bonds. The average Bonchev–Trinajstić information content (AvgIpc) is 2.73. The van der Waals surface area contributed by atoms with Gasteiger partial charge in [-0.1, -0.05) is 50.2 Å². The van der Waals surface area contributed by atoms with Gasteiger partial charge in [0.25, 0.3) is 0 Å². The molecule has 0 aliphatic carbocycles. The zero-order valence-corrected chi connectivity index (χ0v) is 17.3. The molecule has 0 atom stereocenters. The molecule has 3 heterocycles. The van der Waals surface area contributed by atoms with Crippen LogP contribution in [0.1, 0.15) is 25.1 Å². The van der Waals surface area contributed by atoms with E-state index in [4.69, 9.17) is 9.72 Å². The summed E-state index contributed by atoms with van der Waals surface area (Å²) in [6.07, 6.45) is 1.98. The van der Waals surface area contributed by atoms with Crippen molar-refractivity contribution in [1.82, 2.24) is 9.88 Å². The number of carbonyl (C=O) groups is 1. The van der Waals surface area contributed by atoms with E-state index in [9.17, 15) is 4.79 Å². The van der Waals surface area contributed by atoms with Gasteiger partial charge in [-0.15, -0.1) is 0 Å². The van der Waals surface area contributed by atoms with Crippen molar-refractivity contribution in [2.24, 2.45) is 5.41 Å².